The maximum Gasteiger partial charge on any atom is 0.221 e. The SMILES string of the molecule is Cc1cc2c(ccc3oc(/N=C\N=Cc4cc(C(C)(C)C)c5sccc5c4)cc32)o1. The van der Waals surface area contributed by atoms with Crippen molar-refractivity contribution in [2.75, 3.05) is 0 Å². The number of hydrogen-bond donors (Lipinski definition) is 0. The molecule has 2 aromatic carbocycles. The predicted molar refractivity (Wildman–Crippen MR) is 127 cm³/mol. The van der Waals surface area contributed by atoms with Crippen LogP contribution in [-0.4, -0.2) is 12.6 Å². The van der Waals surface area contributed by atoms with Crippen LogP contribution in [-0.2, 0) is 5.41 Å². The third kappa shape index (κ3) is 3.35. The number of thiophene rings is 1. The van der Waals surface area contributed by atoms with Gasteiger partial charge in [0.05, 0.1) is 0 Å². The third-order valence-electron chi connectivity index (χ3n) is 5.16. The minimum absolute atomic E-state index is 0.0755. The van der Waals surface area contributed by atoms with Gasteiger partial charge in [-0.05, 0) is 70.6 Å². The molecule has 0 amide bonds. The molecule has 3 aromatic heterocycles. The lowest BCUT2D eigenvalue weighted by Gasteiger charge is -2.20. The monoisotopic (exact) mass is 414 g/mol. The van der Waals surface area contributed by atoms with Crippen molar-refractivity contribution in [1.82, 2.24) is 0 Å². The van der Waals surface area contributed by atoms with Crippen molar-refractivity contribution in [3.63, 3.8) is 0 Å². The highest BCUT2D eigenvalue weighted by Gasteiger charge is 2.18. The molecule has 30 heavy (non-hydrogen) atoms. The molecule has 4 nitrogen and oxygen atoms in total. The van der Waals surface area contributed by atoms with Crippen molar-refractivity contribution in [3.05, 3.63) is 64.7 Å². The van der Waals surface area contributed by atoms with Crippen molar-refractivity contribution in [2.24, 2.45) is 9.98 Å². The van der Waals surface area contributed by atoms with E-state index >= 15 is 0 Å². The van der Waals surface area contributed by atoms with E-state index in [1.54, 1.807) is 11.3 Å². The van der Waals surface area contributed by atoms with Gasteiger partial charge in [-0.15, -0.1) is 11.3 Å². The molecule has 0 saturated carbocycles. The van der Waals surface area contributed by atoms with Gasteiger partial charge in [0.2, 0.25) is 5.88 Å². The summed E-state index contributed by atoms with van der Waals surface area (Å²) in [6.45, 7) is 8.66. The van der Waals surface area contributed by atoms with Crippen LogP contribution in [0.2, 0.25) is 0 Å². The molecule has 3 heterocycles. The topological polar surface area (TPSA) is 51.0 Å². The molecule has 0 unspecified atom stereocenters. The molecule has 0 saturated heterocycles. The molecule has 0 N–H and O–H groups in total. The Bertz CT molecular complexity index is 1440. The fourth-order valence-electron chi connectivity index (χ4n) is 3.75. The molecule has 0 aliphatic rings. The van der Waals surface area contributed by atoms with Crippen molar-refractivity contribution >= 4 is 61.8 Å². The lowest BCUT2D eigenvalue weighted by molar-refractivity contribution is 0.578. The Morgan fingerprint density at radius 3 is 2.50 bits per heavy atom. The average Bonchev–Trinajstić information content (AvgIpc) is 3.40. The van der Waals surface area contributed by atoms with E-state index in [2.05, 4.69) is 54.3 Å². The van der Waals surface area contributed by atoms with Crippen molar-refractivity contribution in [2.45, 2.75) is 33.1 Å². The van der Waals surface area contributed by atoms with Gasteiger partial charge in [0.25, 0.3) is 0 Å². The molecule has 0 bridgehead atoms. The highest BCUT2D eigenvalue weighted by molar-refractivity contribution is 7.17. The number of aliphatic imine (C=N–C) groups is 2. The van der Waals surface area contributed by atoms with Crippen LogP contribution in [0, 0.1) is 6.92 Å². The Morgan fingerprint density at radius 2 is 1.70 bits per heavy atom. The van der Waals surface area contributed by atoms with Gasteiger partial charge in [0.1, 0.15) is 23.3 Å². The first-order chi connectivity index (χ1) is 14.4. The maximum absolute atomic E-state index is 5.84. The zero-order valence-electron chi connectivity index (χ0n) is 17.4. The van der Waals surface area contributed by atoms with Crippen LogP contribution in [0.15, 0.2) is 66.7 Å². The molecule has 0 aliphatic carbocycles. The number of fused-ring (bicyclic) bond motifs is 4. The van der Waals surface area contributed by atoms with Crippen LogP contribution < -0.4 is 0 Å². The second kappa shape index (κ2) is 6.96. The normalized spacial score (nSPS) is 13.1. The first-order valence-corrected chi connectivity index (χ1v) is 10.8. The zero-order chi connectivity index (χ0) is 20.9. The summed E-state index contributed by atoms with van der Waals surface area (Å²) in [5, 5.41) is 5.43. The summed E-state index contributed by atoms with van der Waals surface area (Å²) < 4.78 is 12.9. The largest absolute Gasteiger partial charge is 0.461 e. The van der Waals surface area contributed by atoms with Gasteiger partial charge in [0, 0.05) is 27.8 Å². The molecule has 0 aliphatic heterocycles. The molecule has 0 fully saturated rings. The molecule has 5 heteroatoms. The molecular weight excluding hydrogens is 392 g/mol. The Kier molecular flexibility index (Phi) is 4.36. The minimum Gasteiger partial charge on any atom is -0.461 e. The first-order valence-electron chi connectivity index (χ1n) is 9.89. The van der Waals surface area contributed by atoms with E-state index < -0.39 is 0 Å². The minimum atomic E-state index is 0.0755. The van der Waals surface area contributed by atoms with Crippen molar-refractivity contribution in [1.29, 1.82) is 0 Å². The number of rotatable bonds is 3. The highest BCUT2D eigenvalue weighted by Crippen LogP contribution is 2.35. The van der Waals surface area contributed by atoms with E-state index in [4.69, 9.17) is 8.83 Å². The standard InChI is InChI=1S/C25H22N2O2S/c1-15-9-18-19-12-23(29-22(19)6-5-21(18)28-15)27-14-26-13-16-10-17-7-8-30-24(17)20(11-16)25(2,3)4/h5-14H,1-4H3/b26-13?,27-14-. The molecule has 5 rings (SSSR count). The number of hydrogen-bond acceptors (Lipinski definition) is 4. The van der Waals surface area contributed by atoms with E-state index in [1.807, 2.05) is 37.4 Å². The van der Waals surface area contributed by atoms with E-state index in [0.717, 1.165) is 33.3 Å². The quantitative estimate of drug-likeness (QED) is 0.223. The Balaban J connectivity index is 1.44. The van der Waals surface area contributed by atoms with E-state index in [-0.39, 0.29) is 5.41 Å². The molecule has 150 valence electrons. The summed E-state index contributed by atoms with van der Waals surface area (Å²) in [7, 11) is 0. The van der Waals surface area contributed by atoms with Crippen LogP contribution >= 0.6 is 11.3 Å². The average molecular weight is 415 g/mol. The maximum atomic E-state index is 5.84. The van der Waals surface area contributed by atoms with Gasteiger partial charge in [-0.3, -0.25) is 0 Å². The fourth-order valence-corrected chi connectivity index (χ4v) is 4.86. The van der Waals surface area contributed by atoms with Gasteiger partial charge in [0.15, 0.2) is 0 Å². The zero-order valence-corrected chi connectivity index (χ0v) is 18.2. The second-order valence-corrected chi connectivity index (χ2v) is 9.43. The van der Waals surface area contributed by atoms with Crippen LogP contribution in [0.25, 0.3) is 32.0 Å². The van der Waals surface area contributed by atoms with E-state index in [9.17, 15) is 0 Å². The smallest absolute Gasteiger partial charge is 0.221 e. The number of aryl methyl sites for hydroxylation is 1. The fraction of sp³-hybridized carbons (Fsp3) is 0.200. The van der Waals surface area contributed by atoms with Gasteiger partial charge in [-0.2, -0.15) is 0 Å². The molecular formula is C25H22N2O2S. The third-order valence-corrected chi connectivity index (χ3v) is 6.13. The second-order valence-electron chi connectivity index (χ2n) is 8.51. The molecule has 5 aromatic rings. The highest BCUT2D eigenvalue weighted by atomic mass is 32.1. The Labute approximate surface area is 178 Å². The lowest BCUT2D eigenvalue weighted by Crippen LogP contribution is -2.11. The summed E-state index contributed by atoms with van der Waals surface area (Å²) in [6, 6.07) is 14.3. The van der Waals surface area contributed by atoms with Crippen LogP contribution in [0.3, 0.4) is 0 Å². The van der Waals surface area contributed by atoms with Gasteiger partial charge >= 0.3 is 0 Å². The van der Waals surface area contributed by atoms with Gasteiger partial charge < -0.3 is 8.83 Å². The summed E-state index contributed by atoms with van der Waals surface area (Å²) in [5.74, 6) is 1.41. The summed E-state index contributed by atoms with van der Waals surface area (Å²) >= 11 is 1.79. The van der Waals surface area contributed by atoms with Crippen LogP contribution in [0.4, 0.5) is 5.88 Å². The lowest BCUT2D eigenvalue weighted by atomic mass is 9.85. The number of furan rings is 2. The summed E-state index contributed by atoms with van der Waals surface area (Å²) in [5.41, 5.74) is 4.12. The number of benzene rings is 2. The summed E-state index contributed by atoms with van der Waals surface area (Å²) in [4.78, 5) is 8.77. The van der Waals surface area contributed by atoms with E-state index in [1.165, 1.54) is 22.0 Å². The van der Waals surface area contributed by atoms with Gasteiger partial charge in [-0.25, -0.2) is 9.98 Å². The molecule has 0 atom stereocenters. The van der Waals surface area contributed by atoms with Crippen molar-refractivity contribution < 1.29 is 8.83 Å². The number of nitrogens with zero attached hydrogens (tertiary/aromatic N) is 2. The van der Waals surface area contributed by atoms with E-state index in [0.29, 0.717) is 5.88 Å². The Hall–Kier alpha value is -3.18. The van der Waals surface area contributed by atoms with Gasteiger partial charge in [-0.1, -0.05) is 20.8 Å². The predicted octanol–water partition coefficient (Wildman–Crippen LogP) is 7.78. The van der Waals surface area contributed by atoms with Crippen LogP contribution in [0.1, 0.15) is 37.7 Å². The Morgan fingerprint density at radius 1 is 0.933 bits per heavy atom. The van der Waals surface area contributed by atoms with Crippen molar-refractivity contribution in [3.8, 4) is 0 Å². The molecule has 0 radical (unpaired) electrons. The first kappa shape index (κ1) is 18.8. The van der Waals surface area contributed by atoms with Crippen LogP contribution in [0.5, 0.6) is 0 Å². The summed E-state index contributed by atoms with van der Waals surface area (Å²) in [6.07, 6.45) is 3.38. The molecule has 0 spiro atoms.